The molecule has 0 saturated carbocycles. The van der Waals surface area contributed by atoms with Crippen LogP contribution in [-0.2, 0) is 6.42 Å². The molecule has 0 N–H and O–H groups in total. The number of hydrogen-bond acceptors (Lipinski definition) is 3. The van der Waals surface area contributed by atoms with E-state index in [2.05, 4.69) is 10.3 Å². The molecule has 0 radical (unpaired) electrons. The molecule has 0 atom stereocenters. The summed E-state index contributed by atoms with van der Waals surface area (Å²) in [5.74, 6) is 1.42. The van der Waals surface area contributed by atoms with Crippen LogP contribution in [0.3, 0.4) is 0 Å². The Labute approximate surface area is 105 Å². The summed E-state index contributed by atoms with van der Waals surface area (Å²) in [6.07, 6.45) is 2.62. The number of alkyl halides is 1. The largest absolute Gasteiger partial charge is 0.494 e. The van der Waals surface area contributed by atoms with Gasteiger partial charge in [-0.1, -0.05) is 5.21 Å². The number of ether oxygens (including phenoxy) is 1. The predicted octanol–water partition coefficient (Wildman–Crippen LogP) is 2.45. The highest BCUT2D eigenvalue weighted by atomic mass is 35.5. The van der Waals surface area contributed by atoms with Gasteiger partial charge in [-0.05, 0) is 31.2 Å². The first kappa shape index (κ1) is 11.9. The van der Waals surface area contributed by atoms with Crippen molar-refractivity contribution >= 4 is 11.6 Å². The van der Waals surface area contributed by atoms with Gasteiger partial charge in [-0.25, -0.2) is 4.68 Å². The van der Waals surface area contributed by atoms with Crippen LogP contribution in [0.5, 0.6) is 5.75 Å². The fourth-order valence-corrected chi connectivity index (χ4v) is 1.69. The number of aromatic nitrogens is 3. The molecule has 0 spiro atoms. The SMILES string of the molecule is CCOc1ccc(-n2cc(CCCl)nn2)cc1. The first-order valence-electron chi connectivity index (χ1n) is 5.54. The van der Waals surface area contributed by atoms with E-state index in [9.17, 15) is 0 Å². The molecule has 0 aliphatic carbocycles. The molecule has 2 aromatic rings. The molecule has 1 heterocycles. The molecule has 0 fully saturated rings. The lowest BCUT2D eigenvalue weighted by molar-refractivity contribution is 0.340. The lowest BCUT2D eigenvalue weighted by atomic mass is 10.3. The lowest BCUT2D eigenvalue weighted by Crippen LogP contribution is -1.96. The van der Waals surface area contributed by atoms with Gasteiger partial charge < -0.3 is 4.74 Å². The third-order valence-electron chi connectivity index (χ3n) is 2.30. The van der Waals surface area contributed by atoms with Crippen molar-refractivity contribution < 1.29 is 4.74 Å². The first-order valence-corrected chi connectivity index (χ1v) is 6.07. The summed E-state index contributed by atoms with van der Waals surface area (Å²) in [6, 6.07) is 7.73. The number of rotatable bonds is 5. The molecule has 1 aromatic heterocycles. The Morgan fingerprint density at radius 3 is 2.71 bits per heavy atom. The summed E-state index contributed by atoms with van der Waals surface area (Å²) < 4.78 is 7.11. The molecule has 2 rings (SSSR count). The number of nitrogens with zero attached hydrogens (tertiary/aromatic N) is 3. The van der Waals surface area contributed by atoms with E-state index in [-0.39, 0.29) is 0 Å². The van der Waals surface area contributed by atoms with Crippen molar-refractivity contribution in [2.75, 3.05) is 12.5 Å². The molecule has 90 valence electrons. The zero-order valence-electron chi connectivity index (χ0n) is 9.64. The Hall–Kier alpha value is -1.55. The van der Waals surface area contributed by atoms with Crippen LogP contribution in [0.15, 0.2) is 30.5 Å². The fourth-order valence-electron chi connectivity index (χ4n) is 1.50. The van der Waals surface area contributed by atoms with Gasteiger partial charge >= 0.3 is 0 Å². The molecule has 0 bridgehead atoms. The van der Waals surface area contributed by atoms with Crippen LogP contribution in [-0.4, -0.2) is 27.5 Å². The van der Waals surface area contributed by atoms with E-state index in [1.165, 1.54) is 0 Å². The standard InChI is InChI=1S/C12H14ClN3O/c1-2-17-12-5-3-11(4-6-12)16-9-10(7-8-13)14-15-16/h3-6,9H,2,7-8H2,1H3. The Balaban J connectivity index is 2.15. The van der Waals surface area contributed by atoms with Crippen molar-refractivity contribution in [1.29, 1.82) is 0 Å². The summed E-state index contributed by atoms with van der Waals surface area (Å²) in [5, 5.41) is 8.09. The highest BCUT2D eigenvalue weighted by molar-refractivity contribution is 6.17. The molecule has 17 heavy (non-hydrogen) atoms. The van der Waals surface area contributed by atoms with Gasteiger partial charge in [0.15, 0.2) is 0 Å². The summed E-state index contributed by atoms with van der Waals surface area (Å²) >= 11 is 5.65. The highest BCUT2D eigenvalue weighted by Gasteiger charge is 2.02. The van der Waals surface area contributed by atoms with E-state index in [0.717, 1.165) is 23.6 Å². The van der Waals surface area contributed by atoms with Crippen molar-refractivity contribution in [3.05, 3.63) is 36.2 Å². The normalized spacial score (nSPS) is 10.5. The van der Waals surface area contributed by atoms with Gasteiger partial charge in [0.2, 0.25) is 0 Å². The fraction of sp³-hybridized carbons (Fsp3) is 0.333. The number of aryl methyl sites for hydroxylation is 1. The van der Waals surface area contributed by atoms with Crippen molar-refractivity contribution in [1.82, 2.24) is 15.0 Å². The molecule has 0 aliphatic rings. The average Bonchev–Trinajstić information content (AvgIpc) is 2.80. The van der Waals surface area contributed by atoms with Gasteiger partial charge in [0, 0.05) is 12.3 Å². The minimum Gasteiger partial charge on any atom is -0.494 e. The summed E-state index contributed by atoms with van der Waals surface area (Å²) in [5.41, 5.74) is 1.86. The molecule has 5 heteroatoms. The van der Waals surface area contributed by atoms with Gasteiger partial charge in [0.05, 0.1) is 24.2 Å². The zero-order chi connectivity index (χ0) is 12.1. The van der Waals surface area contributed by atoms with Gasteiger partial charge in [0.25, 0.3) is 0 Å². The van der Waals surface area contributed by atoms with Crippen LogP contribution in [0.25, 0.3) is 5.69 Å². The minimum absolute atomic E-state index is 0.558. The highest BCUT2D eigenvalue weighted by Crippen LogP contribution is 2.14. The summed E-state index contributed by atoms with van der Waals surface area (Å²) in [4.78, 5) is 0. The maximum Gasteiger partial charge on any atom is 0.119 e. The third-order valence-corrected chi connectivity index (χ3v) is 2.49. The van der Waals surface area contributed by atoms with Gasteiger partial charge in [-0.2, -0.15) is 0 Å². The Kier molecular flexibility index (Phi) is 3.98. The Morgan fingerprint density at radius 2 is 2.06 bits per heavy atom. The molecule has 0 amide bonds. The quantitative estimate of drug-likeness (QED) is 0.767. The number of hydrogen-bond donors (Lipinski definition) is 0. The molecule has 1 aromatic carbocycles. The smallest absolute Gasteiger partial charge is 0.119 e. The minimum atomic E-state index is 0.558. The molecule has 0 unspecified atom stereocenters. The maximum atomic E-state index is 5.65. The number of benzene rings is 1. The first-order chi connectivity index (χ1) is 8.33. The second-order valence-corrected chi connectivity index (χ2v) is 3.90. The molecule has 4 nitrogen and oxygen atoms in total. The van der Waals surface area contributed by atoms with Crippen LogP contribution in [0.1, 0.15) is 12.6 Å². The topological polar surface area (TPSA) is 39.9 Å². The monoisotopic (exact) mass is 251 g/mol. The molecular formula is C12H14ClN3O. The average molecular weight is 252 g/mol. The maximum absolute atomic E-state index is 5.65. The van der Waals surface area contributed by atoms with E-state index in [1.807, 2.05) is 37.4 Å². The van der Waals surface area contributed by atoms with Crippen LogP contribution in [0.4, 0.5) is 0 Å². The van der Waals surface area contributed by atoms with Crippen LogP contribution >= 0.6 is 11.6 Å². The Bertz CT molecular complexity index is 467. The molecule has 0 aliphatic heterocycles. The lowest BCUT2D eigenvalue weighted by Gasteiger charge is -2.04. The predicted molar refractivity (Wildman–Crippen MR) is 67.0 cm³/mol. The van der Waals surface area contributed by atoms with E-state index < -0.39 is 0 Å². The van der Waals surface area contributed by atoms with E-state index in [4.69, 9.17) is 16.3 Å². The van der Waals surface area contributed by atoms with Gasteiger partial charge in [-0.3, -0.25) is 0 Å². The second kappa shape index (κ2) is 5.68. The second-order valence-electron chi connectivity index (χ2n) is 3.52. The van der Waals surface area contributed by atoms with Crippen molar-refractivity contribution in [2.24, 2.45) is 0 Å². The van der Waals surface area contributed by atoms with Crippen LogP contribution in [0.2, 0.25) is 0 Å². The molecule has 0 saturated heterocycles. The third kappa shape index (κ3) is 2.97. The molecular weight excluding hydrogens is 238 g/mol. The van der Waals surface area contributed by atoms with Crippen molar-refractivity contribution in [3.8, 4) is 11.4 Å². The summed E-state index contributed by atoms with van der Waals surface area (Å²) in [7, 11) is 0. The Morgan fingerprint density at radius 1 is 1.29 bits per heavy atom. The van der Waals surface area contributed by atoms with E-state index in [0.29, 0.717) is 12.5 Å². The van der Waals surface area contributed by atoms with Gasteiger partial charge in [-0.15, -0.1) is 16.7 Å². The van der Waals surface area contributed by atoms with Crippen LogP contribution < -0.4 is 4.74 Å². The van der Waals surface area contributed by atoms with E-state index >= 15 is 0 Å². The van der Waals surface area contributed by atoms with Crippen molar-refractivity contribution in [3.63, 3.8) is 0 Å². The van der Waals surface area contributed by atoms with Crippen LogP contribution in [0, 0.1) is 0 Å². The summed E-state index contributed by atoms with van der Waals surface area (Å²) in [6.45, 7) is 2.63. The van der Waals surface area contributed by atoms with E-state index in [1.54, 1.807) is 4.68 Å². The number of halogens is 1. The van der Waals surface area contributed by atoms with Crippen molar-refractivity contribution in [2.45, 2.75) is 13.3 Å². The van der Waals surface area contributed by atoms with Gasteiger partial charge in [0.1, 0.15) is 5.75 Å². The zero-order valence-corrected chi connectivity index (χ0v) is 10.4.